The monoisotopic (exact) mass is 268 g/mol. The Bertz CT molecular complexity index is 700. The molecule has 1 aromatic rings. The summed E-state index contributed by atoms with van der Waals surface area (Å²) in [5.41, 5.74) is 1.57. The molecule has 1 aromatic carbocycles. The molecule has 0 aliphatic heterocycles. The Morgan fingerprint density at radius 3 is 2.20 bits per heavy atom. The van der Waals surface area contributed by atoms with Gasteiger partial charge in [0.15, 0.2) is 11.6 Å². The zero-order chi connectivity index (χ0) is 14.0. The van der Waals surface area contributed by atoms with Crippen LogP contribution < -0.4 is 0 Å². The van der Waals surface area contributed by atoms with Crippen LogP contribution in [0, 0.1) is 23.7 Å². The predicted molar refractivity (Wildman–Crippen MR) is 69.2 cm³/mol. The van der Waals surface area contributed by atoms with Crippen molar-refractivity contribution in [3.63, 3.8) is 0 Å². The van der Waals surface area contributed by atoms with Crippen LogP contribution in [-0.4, -0.2) is 24.6 Å². The molecule has 4 rings (SSSR count). The fourth-order valence-electron chi connectivity index (χ4n) is 3.85. The van der Waals surface area contributed by atoms with E-state index < -0.39 is 0 Å². The van der Waals surface area contributed by atoms with Crippen LogP contribution in [0.5, 0.6) is 0 Å². The van der Waals surface area contributed by atoms with Gasteiger partial charge >= 0.3 is 5.97 Å². The molecule has 3 aliphatic rings. The minimum Gasteiger partial charge on any atom is -0.466 e. The number of ketones is 2. The molecule has 0 bridgehead atoms. The van der Waals surface area contributed by atoms with Gasteiger partial charge in [0.25, 0.3) is 0 Å². The number of fused-ring (bicyclic) bond motifs is 5. The number of allylic oxidation sites excluding steroid dienone is 1. The Labute approximate surface area is 115 Å². The Balaban J connectivity index is 1.76. The lowest BCUT2D eigenvalue weighted by Gasteiger charge is -2.57. The molecular weight excluding hydrogens is 256 g/mol. The largest absolute Gasteiger partial charge is 0.466 e. The highest BCUT2D eigenvalue weighted by Gasteiger charge is 2.65. The van der Waals surface area contributed by atoms with Gasteiger partial charge in [-0.25, -0.2) is 4.79 Å². The number of benzene rings is 1. The van der Waals surface area contributed by atoms with Crippen LogP contribution in [0.2, 0.25) is 0 Å². The van der Waals surface area contributed by atoms with Crippen molar-refractivity contribution < 1.29 is 19.1 Å². The summed E-state index contributed by atoms with van der Waals surface area (Å²) in [4.78, 5) is 36.6. The molecule has 4 atom stereocenters. The van der Waals surface area contributed by atoms with E-state index in [9.17, 15) is 14.4 Å². The fourth-order valence-corrected chi connectivity index (χ4v) is 3.85. The number of carbonyl (C=O) groups is 3. The average molecular weight is 268 g/mol. The van der Waals surface area contributed by atoms with Crippen LogP contribution in [0.15, 0.2) is 35.9 Å². The second kappa shape index (κ2) is 3.66. The highest BCUT2D eigenvalue weighted by atomic mass is 16.5. The van der Waals surface area contributed by atoms with Crippen molar-refractivity contribution in [2.45, 2.75) is 0 Å². The molecule has 1 saturated carbocycles. The van der Waals surface area contributed by atoms with E-state index in [1.165, 1.54) is 7.11 Å². The van der Waals surface area contributed by atoms with Gasteiger partial charge in [0.1, 0.15) is 0 Å². The maximum Gasteiger partial charge on any atom is 0.333 e. The summed E-state index contributed by atoms with van der Waals surface area (Å²) < 4.78 is 4.71. The lowest BCUT2D eigenvalue weighted by molar-refractivity contribution is -0.139. The summed E-state index contributed by atoms with van der Waals surface area (Å²) in [7, 11) is 1.33. The van der Waals surface area contributed by atoms with Crippen molar-refractivity contribution in [3.05, 3.63) is 47.0 Å². The van der Waals surface area contributed by atoms with Crippen molar-refractivity contribution in [2.75, 3.05) is 7.11 Å². The third-order valence-corrected chi connectivity index (χ3v) is 4.82. The second-order valence-corrected chi connectivity index (χ2v) is 5.54. The van der Waals surface area contributed by atoms with E-state index >= 15 is 0 Å². The topological polar surface area (TPSA) is 60.4 Å². The lowest BCUT2D eigenvalue weighted by atomic mass is 9.43. The highest BCUT2D eigenvalue weighted by molar-refractivity contribution is 6.18. The minimum absolute atomic E-state index is 0.0130. The van der Waals surface area contributed by atoms with Crippen molar-refractivity contribution in [3.8, 4) is 0 Å². The van der Waals surface area contributed by atoms with Crippen LogP contribution in [0.4, 0.5) is 0 Å². The SMILES string of the molecule is COC(=O)C1=C[C@H]2[C@H]3C(=O)c4ccccc4C(=O)[C@H]3[C@@H]12. The normalized spacial score (nSPS) is 33.0. The lowest BCUT2D eigenvalue weighted by Crippen LogP contribution is -2.61. The molecule has 4 heteroatoms. The minimum atomic E-state index is -0.385. The van der Waals surface area contributed by atoms with E-state index in [0.717, 1.165) is 0 Å². The standard InChI is InChI=1S/C16H12O4/c1-20-16(19)10-6-9-11(10)13-12(9)14(17)7-4-2-3-5-8(7)15(13)18/h2-6,9,11-13H,1H3/t9-,11-,12-,13+/m1/s1. The number of esters is 1. The molecule has 1 fully saturated rings. The van der Waals surface area contributed by atoms with Crippen LogP contribution >= 0.6 is 0 Å². The second-order valence-electron chi connectivity index (χ2n) is 5.54. The number of methoxy groups -OCH3 is 1. The summed E-state index contributed by atoms with van der Waals surface area (Å²) in [5, 5.41) is 0. The van der Waals surface area contributed by atoms with Gasteiger partial charge in [-0.15, -0.1) is 0 Å². The summed E-state index contributed by atoms with van der Waals surface area (Å²) in [5.74, 6) is -1.12. The van der Waals surface area contributed by atoms with Crippen molar-refractivity contribution in [1.29, 1.82) is 0 Å². The maximum absolute atomic E-state index is 12.5. The number of hydrogen-bond acceptors (Lipinski definition) is 4. The first-order valence-electron chi connectivity index (χ1n) is 6.62. The summed E-state index contributed by atoms with van der Waals surface area (Å²) in [6.45, 7) is 0. The molecule has 100 valence electrons. The summed E-state index contributed by atoms with van der Waals surface area (Å²) >= 11 is 0. The zero-order valence-electron chi connectivity index (χ0n) is 10.8. The number of hydrogen-bond donors (Lipinski definition) is 0. The van der Waals surface area contributed by atoms with E-state index in [1.807, 2.05) is 0 Å². The van der Waals surface area contributed by atoms with Crippen molar-refractivity contribution in [1.82, 2.24) is 0 Å². The molecular formula is C16H12O4. The van der Waals surface area contributed by atoms with Crippen LogP contribution in [0.25, 0.3) is 0 Å². The van der Waals surface area contributed by atoms with Crippen LogP contribution in [-0.2, 0) is 9.53 Å². The number of carbonyl (C=O) groups excluding carboxylic acids is 3. The Kier molecular flexibility index (Phi) is 2.12. The van der Waals surface area contributed by atoms with Gasteiger partial charge in [0, 0.05) is 34.5 Å². The molecule has 20 heavy (non-hydrogen) atoms. The van der Waals surface area contributed by atoms with Crippen LogP contribution in [0.3, 0.4) is 0 Å². The molecule has 0 amide bonds. The molecule has 0 unspecified atom stereocenters. The van der Waals surface area contributed by atoms with E-state index in [-0.39, 0.29) is 41.2 Å². The molecule has 0 spiro atoms. The van der Waals surface area contributed by atoms with Crippen molar-refractivity contribution in [2.24, 2.45) is 23.7 Å². The summed E-state index contributed by atoms with van der Waals surface area (Å²) in [6.07, 6.45) is 1.79. The Morgan fingerprint density at radius 1 is 1.00 bits per heavy atom. The third-order valence-electron chi connectivity index (χ3n) is 4.82. The first kappa shape index (κ1) is 11.6. The van der Waals surface area contributed by atoms with Crippen LogP contribution in [0.1, 0.15) is 20.7 Å². The highest BCUT2D eigenvalue weighted by Crippen LogP contribution is 2.61. The number of ether oxygens (including phenoxy) is 1. The maximum atomic E-state index is 12.5. The molecule has 0 radical (unpaired) electrons. The van der Waals surface area contributed by atoms with Gasteiger partial charge < -0.3 is 4.74 Å². The quantitative estimate of drug-likeness (QED) is 0.727. The molecule has 0 heterocycles. The number of rotatable bonds is 1. The van der Waals surface area contributed by atoms with Gasteiger partial charge in [-0.05, 0) is 5.92 Å². The zero-order valence-corrected chi connectivity index (χ0v) is 10.8. The Hall–Kier alpha value is -2.23. The van der Waals surface area contributed by atoms with E-state index in [1.54, 1.807) is 30.3 Å². The average Bonchev–Trinajstić information content (AvgIpc) is 2.45. The molecule has 4 nitrogen and oxygen atoms in total. The molecule has 0 N–H and O–H groups in total. The van der Waals surface area contributed by atoms with Gasteiger partial charge in [-0.1, -0.05) is 30.3 Å². The first-order valence-corrected chi connectivity index (χ1v) is 6.62. The predicted octanol–water partition coefficient (Wildman–Crippen LogP) is 1.66. The van der Waals surface area contributed by atoms with Gasteiger partial charge in [-0.3, -0.25) is 9.59 Å². The Morgan fingerprint density at radius 2 is 1.60 bits per heavy atom. The third kappa shape index (κ3) is 1.15. The first-order chi connectivity index (χ1) is 9.65. The van der Waals surface area contributed by atoms with Gasteiger partial charge in [-0.2, -0.15) is 0 Å². The van der Waals surface area contributed by atoms with Crippen molar-refractivity contribution >= 4 is 17.5 Å². The smallest absolute Gasteiger partial charge is 0.333 e. The van der Waals surface area contributed by atoms with E-state index in [4.69, 9.17) is 4.74 Å². The van der Waals surface area contributed by atoms with E-state index in [0.29, 0.717) is 16.7 Å². The molecule has 0 saturated heterocycles. The number of Topliss-reactive ketones (excluding diaryl/α,β-unsaturated/α-hetero) is 2. The molecule has 3 aliphatic carbocycles. The summed E-state index contributed by atoms with van der Waals surface area (Å²) in [6, 6.07) is 6.94. The fraction of sp³-hybridized carbons (Fsp3) is 0.312. The van der Waals surface area contributed by atoms with Gasteiger partial charge in [0.2, 0.25) is 0 Å². The molecule has 0 aromatic heterocycles. The van der Waals surface area contributed by atoms with Gasteiger partial charge in [0.05, 0.1) is 7.11 Å². The van der Waals surface area contributed by atoms with E-state index in [2.05, 4.69) is 0 Å².